The van der Waals surface area contributed by atoms with Gasteiger partial charge in [0.15, 0.2) is 5.65 Å². The molecule has 0 bridgehead atoms. The minimum absolute atomic E-state index is 0.0335. The number of imidazole rings is 1. The van der Waals surface area contributed by atoms with Gasteiger partial charge in [0, 0.05) is 19.4 Å². The second-order valence-electron chi connectivity index (χ2n) is 3.86. The van der Waals surface area contributed by atoms with Gasteiger partial charge in [0.2, 0.25) is 5.82 Å². The fourth-order valence-corrected chi connectivity index (χ4v) is 1.74. The van der Waals surface area contributed by atoms with Gasteiger partial charge in [-0.05, 0) is 0 Å². The predicted octanol–water partition coefficient (Wildman–Crippen LogP) is 0.138. The fraction of sp³-hybridized carbons (Fsp3) is 0.182. The van der Waals surface area contributed by atoms with Crippen molar-refractivity contribution in [2.45, 2.75) is 0 Å². The number of methoxy groups -OCH3 is 1. The second kappa shape index (κ2) is 4.61. The third-order valence-corrected chi connectivity index (χ3v) is 2.69. The molecule has 9 heteroatoms. The molecule has 0 saturated heterocycles. The van der Waals surface area contributed by atoms with Crippen LogP contribution in [-0.2, 0) is 4.74 Å². The van der Waals surface area contributed by atoms with Crippen LogP contribution in [0.1, 0.15) is 10.6 Å². The Hall–Kier alpha value is -2.97. The van der Waals surface area contributed by atoms with Crippen LogP contribution in [0, 0.1) is 0 Å². The quantitative estimate of drug-likeness (QED) is 0.677. The van der Waals surface area contributed by atoms with Gasteiger partial charge < -0.3 is 14.5 Å². The van der Waals surface area contributed by atoms with Crippen LogP contribution in [0.2, 0.25) is 0 Å². The molecular weight excluding hydrogens is 262 g/mol. The van der Waals surface area contributed by atoms with Crippen molar-refractivity contribution in [2.75, 3.05) is 19.5 Å². The van der Waals surface area contributed by atoms with E-state index in [9.17, 15) is 4.79 Å². The molecule has 0 amide bonds. The SMILES string of the molecule is CNc1cn2ccnc2c(-n2cnc(C(=O)OC)n2)n1. The van der Waals surface area contributed by atoms with Crippen molar-refractivity contribution in [3.8, 4) is 5.82 Å². The van der Waals surface area contributed by atoms with Gasteiger partial charge in [0.1, 0.15) is 12.1 Å². The molecule has 3 rings (SSSR count). The number of rotatable bonds is 3. The maximum absolute atomic E-state index is 11.4. The summed E-state index contributed by atoms with van der Waals surface area (Å²) in [4.78, 5) is 23.9. The number of nitrogens with one attached hydrogen (secondary N) is 1. The zero-order chi connectivity index (χ0) is 14.1. The maximum atomic E-state index is 11.4. The van der Waals surface area contributed by atoms with Crippen LogP contribution in [0.15, 0.2) is 24.9 Å². The number of carbonyl (C=O) groups is 1. The van der Waals surface area contributed by atoms with Crippen LogP contribution in [-0.4, -0.2) is 49.3 Å². The average molecular weight is 273 g/mol. The van der Waals surface area contributed by atoms with Crippen molar-refractivity contribution in [1.29, 1.82) is 0 Å². The maximum Gasteiger partial charge on any atom is 0.377 e. The molecule has 3 aromatic rings. The molecule has 1 N–H and O–H groups in total. The van der Waals surface area contributed by atoms with E-state index in [1.54, 1.807) is 30.0 Å². The van der Waals surface area contributed by atoms with Crippen LogP contribution >= 0.6 is 0 Å². The van der Waals surface area contributed by atoms with Crippen LogP contribution in [0.25, 0.3) is 11.5 Å². The lowest BCUT2D eigenvalue weighted by atomic mass is 10.5. The lowest BCUT2D eigenvalue weighted by Gasteiger charge is -2.05. The van der Waals surface area contributed by atoms with Gasteiger partial charge in [0.05, 0.1) is 13.3 Å². The number of carbonyl (C=O) groups excluding carboxylic acids is 1. The molecule has 0 aliphatic carbocycles. The molecular formula is C11H11N7O2. The Morgan fingerprint density at radius 1 is 1.40 bits per heavy atom. The van der Waals surface area contributed by atoms with Crippen LogP contribution in [0.4, 0.5) is 5.82 Å². The molecule has 0 fully saturated rings. The summed E-state index contributed by atoms with van der Waals surface area (Å²) in [5.41, 5.74) is 0.602. The van der Waals surface area contributed by atoms with E-state index in [2.05, 4.69) is 30.1 Å². The standard InChI is InChI=1S/C11H11N7O2/c1-12-7-5-17-4-3-13-9(17)10(15-7)18-6-14-8(16-18)11(19)20-2/h3-6,12H,1-2H3. The number of hydrogen-bond donors (Lipinski definition) is 1. The highest BCUT2D eigenvalue weighted by molar-refractivity contribution is 5.84. The van der Waals surface area contributed by atoms with Gasteiger partial charge in [-0.25, -0.2) is 19.7 Å². The highest BCUT2D eigenvalue weighted by Crippen LogP contribution is 2.14. The van der Waals surface area contributed by atoms with Gasteiger partial charge in [-0.3, -0.25) is 0 Å². The largest absolute Gasteiger partial charge is 0.463 e. The zero-order valence-electron chi connectivity index (χ0n) is 10.8. The lowest BCUT2D eigenvalue weighted by Crippen LogP contribution is -2.08. The van der Waals surface area contributed by atoms with Crippen molar-refractivity contribution < 1.29 is 9.53 Å². The Balaban J connectivity index is 2.15. The Bertz CT molecular complexity index is 776. The minimum Gasteiger partial charge on any atom is -0.463 e. The molecule has 20 heavy (non-hydrogen) atoms. The number of fused-ring (bicyclic) bond motifs is 1. The first kappa shape index (κ1) is 12.1. The molecule has 0 aliphatic rings. The number of nitrogens with zero attached hydrogens (tertiary/aromatic N) is 6. The highest BCUT2D eigenvalue weighted by Gasteiger charge is 2.15. The Kier molecular flexibility index (Phi) is 2.78. The fourth-order valence-electron chi connectivity index (χ4n) is 1.74. The molecule has 0 saturated carbocycles. The molecule has 0 unspecified atom stereocenters. The number of anilines is 1. The van der Waals surface area contributed by atoms with Crippen LogP contribution in [0.5, 0.6) is 0 Å². The molecule has 0 atom stereocenters. The minimum atomic E-state index is -0.604. The van der Waals surface area contributed by atoms with E-state index in [-0.39, 0.29) is 5.82 Å². The number of aromatic nitrogens is 6. The molecule has 102 valence electrons. The number of esters is 1. The van der Waals surface area contributed by atoms with Crippen LogP contribution in [0.3, 0.4) is 0 Å². The first-order valence-corrected chi connectivity index (χ1v) is 5.74. The van der Waals surface area contributed by atoms with E-state index in [1.165, 1.54) is 18.1 Å². The van der Waals surface area contributed by atoms with Gasteiger partial charge in [-0.1, -0.05) is 0 Å². The van der Waals surface area contributed by atoms with E-state index in [0.29, 0.717) is 17.3 Å². The summed E-state index contributed by atoms with van der Waals surface area (Å²) in [6, 6.07) is 0. The van der Waals surface area contributed by atoms with E-state index >= 15 is 0 Å². The van der Waals surface area contributed by atoms with Crippen molar-refractivity contribution in [3.63, 3.8) is 0 Å². The molecule has 3 aromatic heterocycles. The van der Waals surface area contributed by atoms with Gasteiger partial charge >= 0.3 is 5.97 Å². The summed E-state index contributed by atoms with van der Waals surface area (Å²) >= 11 is 0. The average Bonchev–Trinajstić information content (AvgIpc) is 3.13. The van der Waals surface area contributed by atoms with Crippen LogP contribution < -0.4 is 5.32 Å². The van der Waals surface area contributed by atoms with Gasteiger partial charge in [-0.2, -0.15) is 4.68 Å². The lowest BCUT2D eigenvalue weighted by molar-refractivity contribution is 0.0587. The van der Waals surface area contributed by atoms with Crippen molar-refractivity contribution in [2.24, 2.45) is 0 Å². The molecule has 0 spiro atoms. The highest BCUT2D eigenvalue weighted by atomic mass is 16.5. The van der Waals surface area contributed by atoms with E-state index in [4.69, 9.17) is 0 Å². The number of ether oxygens (including phenoxy) is 1. The van der Waals surface area contributed by atoms with E-state index in [0.717, 1.165) is 0 Å². The Morgan fingerprint density at radius 3 is 3.00 bits per heavy atom. The molecule has 9 nitrogen and oxygen atoms in total. The predicted molar refractivity (Wildman–Crippen MR) is 68.8 cm³/mol. The van der Waals surface area contributed by atoms with Crippen molar-refractivity contribution in [1.82, 2.24) is 29.1 Å². The smallest absolute Gasteiger partial charge is 0.377 e. The second-order valence-corrected chi connectivity index (χ2v) is 3.86. The summed E-state index contributed by atoms with van der Waals surface area (Å²) in [6.45, 7) is 0. The van der Waals surface area contributed by atoms with E-state index < -0.39 is 5.97 Å². The summed E-state index contributed by atoms with van der Waals surface area (Å²) < 4.78 is 7.76. The molecule has 0 aromatic carbocycles. The Labute approximate surface area is 113 Å². The normalized spacial score (nSPS) is 10.7. The molecule has 3 heterocycles. The zero-order valence-corrected chi connectivity index (χ0v) is 10.8. The van der Waals surface area contributed by atoms with E-state index in [1.807, 2.05) is 0 Å². The molecule has 0 radical (unpaired) electrons. The summed E-state index contributed by atoms with van der Waals surface area (Å²) in [5, 5.41) is 6.99. The van der Waals surface area contributed by atoms with Gasteiger partial charge in [-0.15, -0.1) is 5.10 Å². The first-order valence-electron chi connectivity index (χ1n) is 5.74. The summed E-state index contributed by atoms with van der Waals surface area (Å²) in [6.07, 6.45) is 6.63. The summed E-state index contributed by atoms with van der Waals surface area (Å²) in [7, 11) is 3.03. The monoisotopic (exact) mass is 273 g/mol. The summed E-state index contributed by atoms with van der Waals surface area (Å²) in [5.74, 6) is 0.465. The Morgan fingerprint density at radius 2 is 2.25 bits per heavy atom. The topological polar surface area (TPSA) is 99.2 Å². The van der Waals surface area contributed by atoms with Crippen molar-refractivity contribution >= 4 is 17.4 Å². The number of hydrogen-bond acceptors (Lipinski definition) is 7. The van der Waals surface area contributed by atoms with Crippen molar-refractivity contribution in [3.05, 3.63) is 30.7 Å². The molecule has 0 aliphatic heterocycles. The first-order chi connectivity index (χ1) is 9.72. The van der Waals surface area contributed by atoms with Gasteiger partial charge in [0.25, 0.3) is 5.82 Å². The third-order valence-electron chi connectivity index (χ3n) is 2.69. The third kappa shape index (κ3) is 1.85.